The summed E-state index contributed by atoms with van der Waals surface area (Å²) in [6.07, 6.45) is 1.23. The van der Waals surface area contributed by atoms with Gasteiger partial charge < -0.3 is 10.6 Å². The number of benzene rings is 1. The fourth-order valence-electron chi connectivity index (χ4n) is 2.74. The minimum absolute atomic E-state index is 0.195. The molecule has 3 N–H and O–H groups in total. The van der Waals surface area contributed by atoms with Crippen molar-refractivity contribution in [3.63, 3.8) is 0 Å². The molecule has 1 aromatic carbocycles. The van der Waals surface area contributed by atoms with Gasteiger partial charge in [0.2, 0.25) is 17.7 Å². The van der Waals surface area contributed by atoms with Crippen LogP contribution < -0.4 is 16.0 Å². The van der Waals surface area contributed by atoms with E-state index in [0.717, 1.165) is 5.56 Å². The van der Waals surface area contributed by atoms with Crippen molar-refractivity contribution in [2.75, 3.05) is 0 Å². The minimum Gasteiger partial charge on any atom is -0.343 e. The zero-order valence-corrected chi connectivity index (χ0v) is 11.5. The quantitative estimate of drug-likeness (QED) is 0.647. The first-order chi connectivity index (χ1) is 10.1. The second kappa shape index (κ2) is 5.65. The number of rotatable bonds is 2. The molecule has 3 amide bonds. The van der Waals surface area contributed by atoms with Crippen LogP contribution in [-0.4, -0.2) is 29.8 Å². The summed E-state index contributed by atoms with van der Waals surface area (Å²) in [4.78, 5) is 35.0. The van der Waals surface area contributed by atoms with Crippen LogP contribution in [0.4, 0.5) is 0 Å². The predicted molar refractivity (Wildman–Crippen MR) is 75.1 cm³/mol. The second-order valence-corrected chi connectivity index (χ2v) is 5.42. The van der Waals surface area contributed by atoms with Gasteiger partial charge in [-0.2, -0.15) is 0 Å². The Morgan fingerprint density at radius 2 is 1.95 bits per heavy atom. The zero-order valence-electron chi connectivity index (χ0n) is 11.5. The molecule has 1 fully saturated rings. The van der Waals surface area contributed by atoms with Crippen molar-refractivity contribution < 1.29 is 14.4 Å². The number of amides is 3. The van der Waals surface area contributed by atoms with Crippen LogP contribution in [0.5, 0.6) is 0 Å². The first-order valence-corrected chi connectivity index (χ1v) is 7.08. The van der Waals surface area contributed by atoms with Gasteiger partial charge in [-0.1, -0.05) is 24.3 Å². The van der Waals surface area contributed by atoms with E-state index in [-0.39, 0.29) is 24.3 Å². The zero-order chi connectivity index (χ0) is 14.8. The van der Waals surface area contributed by atoms with Crippen LogP contribution in [0.25, 0.3) is 0 Å². The summed E-state index contributed by atoms with van der Waals surface area (Å²) in [7, 11) is 0. The molecule has 1 saturated heterocycles. The SMILES string of the molecule is O=C1CCC(NC(=O)C2Cc3ccccc3CN2)C(=O)N1. The van der Waals surface area contributed by atoms with Gasteiger partial charge in [0.25, 0.3) is 0 Å². The van der Waals surface area contributed by atoms with Gasteiger partial charge in [-0.25, -0.2) is 0 Å². The Hall–Kier alpha value is -2.21. The van der Waals surface area contributed by atoms with Crippen molar-refractivity contribution in [2.45, 2.75) is 37.9 Å². The topological polar surface area (TPSA) is 87.3 Å². The Morgan fingerprint density at radius 1 is 1.19 bits per heavy atom. The molecule has 2 aliphatic heterocycles. The third-order valence-electron chi connectivity index (χ3n) is 3.95. The highest BCUT2D eigenvalue weighted by Gasteiger charge is 2.31. The van der Waals surface area contributed by atoms with E-state index in [0.29, 0.717) is 19.4 Å². The molecule has 0 aliphatic carbocycles. The molecular weight excluding hydrogens is 270 g/mol. The molecule has 2 heterocycles. The van der Waals surface area contributed by atoms with Crippen LogP contribution in [0.1, 0.15) is 24.0 Å². The molecule has 0 aromatic heterocycles. The maximum absolute atomic E-state index is 12.3. The fraction of sp³-hybridized carbons (Fsp3) is 0.400. The van der Waals surface area contributed by atoms with Crippen molar-refractivity contribution >= 4 is 17.7 Å². The third-order valence-corrected chi connectivity index (χ3v) is 3.95. The Morgan fingerprint density at radius 3 is 2.71 bits per heavy atom. The molecular formula is C15H17N3O3. The Kier molecular flexibility index (Phi) is 3.70. The maximum Gasteiger partial charge on any atom is 0.249 e. The Labute approximate surface area is 122 Å². The standard InChI is InChI=1S/C15H17N3O3/c19-13-6-5-11(14(20)18-13)17-15(21)12-7-9-3-1-2-4-10(9)8-16-12/h1-4,11-12,16H,5-8H2,(H,17,21)(H,18,19,20). The Balaban J connectivity index is 1.62. The molecule has 21 heavy (non-hydrogen) atoms. The third kappa shape index (κ3) is 2.95. The fourth-order valence-corrected chi connectivity index (χ4v) is 2.74. The summed E-state index contributed by atoms with van der Waals surface area (Å²) in [6, 6.07) is 7.03. The van der Waals surface area contributed by atoms with Crippen LogP contribution >= 0.6 is 0 Å². The van der Waals surface area contributed by atoms with E-state index in [1.54, 1.807) is 0 Å². The van der Waals surface area contributed by atoms with E-state index in [2.05, 4.69) is 16.0 Å². The first kappa shape index (κ1) is 13.8. The van der Waals surface area contributed by atoms with Gasteiger partial charge in [0.15, 0.2) is 0 Å². The molecule has 0 radical (unpaired) electrons. The molecule has 3 rings (SSSR count). The molecule has 2 unspecified atom stereocenters. The minimum atomic E-state index is -0.617. The van der Waals surface area contributed by atoms with Gasteiger partial charge in [-0.15, -0.1) is 0 Å². The highest BCUT2D eigenvalue weighted by Crippen LogP contribution is 2.16. The highest BCUT2D eigenvalue weighted by atomic mass is 16.2. The van der Waals surface area contributed by atoms with Crippen LogP contribution in [0, 0.1) is 0 Å². The summed E-state index contributed by atoms with van der Waals surface area (Å²) in [6.45, 7) is 0.642. The molecule has 2 atom stereocenters. The molecule has 0 saturated carbocycles. The van der Waals surface area contributed by atoms with Gasteiger partial charge in [0.05, 0.1) is 6.04 Å². The van der Waals surface area contributed by atoms with Crippen LogP contribution in [0.2, 0.25) is 0 Å². The Bertz CT molecular complexity index is 600. The lowest BCUT2D eigenvalue weighted by Crippen LogP contribution is -2.56. The number of piperidine rings is 1. The lowest BCUT2D eigenvalue weighted by molar-refractivity contribution is -0.137. The summed E-state index contributed by atoms with van der Waals surface area (Å²) in [5.74, 6) is -0.898. The predicted octanol–water partition coefficient (Wildman–Crippen LogP) is -0.378. The molecule has 0 bridgehead atoms. The summed E-state index contributed by atoms with van der Waals surface area (Å²) in [5.41, 5.74) is 2.35. The molecule has 110 valence electrons. The monoisotopic (exact) mass is 287 g/mol. The van der Waals surface area contributed by atoms with Crippen molar-refractivity contribution in [3.8, 4) is 0 Å². The van der Waals surface area contributed by atoms with Gasteiger partial charge >= 0.3 is 0 Å². The largest absolute Gasteiger partial charge is 0.343 e. The number of nitrogens with one attached hydrogen (secondary N) is 3. The van der Waals surface area contributed by atoms with Gasteiger partial charge in [-0.05, 0) is 24.0 Å². The molecule has 6 nitrogen and oxygen atoms in total. The van der Waals surface area contributed by atoms with Gasteiger partial charge in [0.1, 0.15) is 6.04 Å². The van der Waals surface area contributed by atoms with Crippen LogP contribution in [0.15, 0.2) is 24.3 Å². The van der Waals surface area contributed by atoms with Crippen LogP contribution in [0.3, 0.4) is 0 Å². The number of carbonyl (C=O) groups is 3. The smallest absolute Gasteiger partial charge is 0.249 e. The number of hydrogen-bond donors (Lipinski definition) is 3. The summed E-state index contributed by atoms with van der Waals surface area (Å²) < 4.78 is 0. The lowest BCUT2D eigenvalue weighted by atomic mass is 9.95. The van der Waals surface area contributed by atoms with Crippen molar-refractivity contribution in [1.82, 2.24) is 16.0 Å². The number of hydrogen-bond acceptors (Lipinski definition) is 4. The second-order valence-electron chi connectivity index (χ2n) is 5.42. The average molecular weight is 287 g/mol. The maximum atomic E-state index is 12.3. The van der Waals surface area contributed by atoms with Crippen molar-refractivity contribution in [2.24, 2.45) is 0 Å². The van der Waals surface area contributed by atoms with Gasteiger partial charge in [-0.3, -0.25) is 19.7 Å². The van der Waals surface area contributed by atoms with Crippen molar-refractivity contribution in [3.05, 3.63) is 35.4 Å². The molecule has 0 spiro atoms. The molecule has 6 heteroatoms. The lowest BCUT2D eigenvalue weighted by Gasteiger charge is -2.28. The van der Waals surface area contributed by atoms with Crippen molar-refractivity contribution in [1.29, 1.82) is 0 Å². The highest BCUT2D eigenvalue weighted by molar-refractivity contribution is 6.02. The van der Waals surface area contributed by atoms with E-state index in [1.165, 1.54) is 5.56 Å². The number of carbonyl (C=O) groups excluding carboxylic acids is 3. The van der Waals surface area contributed by atoms with E-state index >= 15 is 0 Å². The normalized spacial score (nSPS) is 25.0. The summed E-state index contributed by atoms with van der Waals surface area (Å²) in [5, 5.41) is 8.14. The number of fused-ring (bicyclic) bond motifs is 1. The number of imide groups is 1. The van der Waals surface area contributed by atoms with Gasteiger partial charge in [0, 0.05) is 13.0 Å². The van der Waals surface area contributed by atoms with Crippen LogP contribution in [-0.2, 0) is 27.3 Å². The first-order valence-electron chi connectivity index (χ1n) is 7.08. The average Bonchev–Trinajstić information content (AvgIpc) is 2.49. The van der Waals surface area contributed by atoms with E-state index < -0.39 is 11.9 Å². The van der Waals surface area contributed by atoms with E-state index in [9.17, 15) is 14.4 Å². The van der Waals surface area contributed by atoms with E-state index in [1.807, 2.05) is 24.3 Å². The van der Waals surface area contributed by atoms with E-state index in [4.69, 9.17) is 0 Å². The summed E-state index contributed by atoms with van der Waals surface area (Å²) >= 11 is 0. The molecule has 2 aliphatic rings. The molecule has 1 aromatic rings.